The van der Waals surface area contributed by atoms with Crippen LogP contribution in [-0.4, -0.2) is 47.4 Å². The molecule has 1 amide bonds. The second kappa shape index (κ2) is 75.8. The maximum atomic E-state index is 12.6. The van der Waals surface area contributed by atoms with E-state index in [9.17, 15) is 19.8 Å². The molecular weight excluding hydrogens is 1050 g/mol. The third-order valence-electron chi connectivity index (χ3n) is 18.8. The smallest absolute Gasteiger partial charge is 0.305 e. The molecule has 2 atom stereocenters. The highest BCUT2D eigenvalue weighted by Gasteiger charge is 2.20. The van der Waals surface area contributed by atoms with Crippen LogP contribution in [0.3, 0.4) is 0 Å². The number of hydrogen-bond donors (Lipinski definition) is 3. The maximum absolute atomic E-state index is 12.6. The number of aliphatic hydroxyl groups is 2. The van der Waals surface area contributed by atoms with Gasteiger partial charge in [-0.3, -0.25) is 9.59 Å². The van der Waals surface area contributed by atoms with Crippen LogP contribution in [0.2, 0.25) is 0 Å². The minimum absolute atomic E-state index is 0.00938. The zero-order valence-corrected chi connectivity index (χ0v) is 58.6. The lowest BCUT2D eigenvalue weighted by Gasteiger charge is -2.22. The number of aliphatic hydroxyl groups excluding tert-OH is 2. The van der Waals surface area contributed by atoms with Gasteiger partial charge in [0.15, 0.2) is 0 Å². The van der Waals surface area contributed by atoms with Crippen molar-refractivity contribution in [1.29, 1.82) is 0 Å². The lowest BCUT2D eigenvalue weighted by atomic mass is 10.0. The predicted molar refractivity (Wildman–Crippen MR) is 380 cm³/mol. The van der Waals surface area contributed by atoms with Gasteiger partial charge in [-0.05, 0) is 57.8 Å². The Balaban J connectivity index is 3.31. The average Bonchev–Trinajstić information content (AvgIpc) is 3.55. The van der Waals surface area contributed by atoms with Gasteiger partial charge in [0.2, 0.25) is 5.91 Å². The first kappa shape index (κ1) is 84.3. The van der Waals surface area contributed by atoms with Crippen molar-refractivity contribution >= 4 is 11.9 Å². The van der Waals surface area contributed by atoms with E-state index in [1.54, 1.807) is 0 Å². The Kier molecular flexibility index (Phi) is 74.3. The number of ether oxygens (including phenoxy) is 1. The molecule has 0 radical (unpaired) electrons. The van der Waals surface area contributed by atoms with Gasteiger partial charge in [-0.2, -0.15) is 0 Å². The van der Waals surface area contributed by atoms with E-state index in [1.165, 1.54) is 366 Å². The normalized spacial score (nSPS) is 12.6. The van der Waals surface area contributed by atoms with Gasteiger partial charge in [0.05, 0.1) is 25.4 Å². The molecule has 0 aliphatic rings. The molecule has 3 N–H and O–H groups in total. The highest BCUT2D eigenvalue weighted by Crippen LogP contribution is 2.20. The summed E-state index contributed by atoms with van der Waals surface area (Å²) in [5.74, 6) is -0.0154. The van der Waals surface area contributed by atoms with Crippen LogP contribution >= 0.6 is 0 Å². The number of carbonyl (C=O) groups excluding carboxylic acids is 2. The third-order valence-corrected chi connectivity index (χ3v) is 18.8. The van der Waals surface area contributed by atoms with Crippen molar-refractivity contribution in [3.63, 3.8) is 0 Å². The largest absolute Gasteiger partial charge is 0.466 e. The van der Waals surface area contributed by atoms with Crippen molar-refractivity contribution in [2.45, 2.75) is 463 Å². The molecule has 6 heteroatoms. The van der Waals surface area contributed by atoms with Crippen molar-refractivity contribution in [2.75, 3.05) is 13.2 Å². The Morgan fingerprint density at radius 1 is 0.326 bits per heavy atom. The summed E-state index contributed by atoms with van der Waals surface area (Å²) in [6.07, 6.45) is 97.0. The lowest BCUT2D eigenvalue weighted by Crippen LogP contribution is -2.45. The van der Waals surface area contributed by atoms with E-state index in [2.05, 4.69) is 43.5 Å². The zero-order valence-electron chi connectivity index (χ0n) is 58.6. The summed E-state index contributed by atoms with van der Waals surface area (Å²) < 4.78 is 5.49. The molecule has 2 unspecified atom stereocenters. The van der Waals surface area contributed by atoms with Gasteiger partial charge >= 0.3 is 5.97 Å². The first-order chi connectivity index (χ1) is 42.5. The molecule has 0 aromatic heterocycles. The van der Waals surface area contributed by atoms with E-state index >= 15 is 0 Å². The van der Waals surface area contributed by atoms with Gasteiger partial charge in [-0.15, -0.1) is 0 Å². The monoisotopic (exact) mass is 1210 g/mol. The lowest BCUT2D eigenvalue weighted by molar-refractivity contribution is -0.143. The predicted octanol–water partition coefficient (Wildman–Crippen LogP) is 26.0. The molecule has 0 aromatic rings. The molecule has 0 aliphatic carbocycles. The van der Waals surface area contributed by atoms with Gasteiger partial charge in [-0.1, -0.05) is 404 Å². The molecule has 0 fully saturated rings. The maximum Gasteiger partial charge on any atom is 0.305 e. The Labute approximate surface area is 539 Å². The number of hydrogen-bond acceptors (Lipinski definition) is 5. The van der Waals surface area contributed by atoms with E-state index < -0.39 is 12.1 Å². The highest BCUT2D eigenvalue weighted by molar-refractivity contribution is 5.76. The van der Waals surface area contributed by atoms with Gasteiger partial charge in [0, 0.05) is 12.8 Å². The summed E-state index contributed by atoms with van der Waals surface area (Å²) in [4.78, 5) is 24.6. The van der Waals surface area contributed by atoms with E-state index in [-0.39, 0.29) is 18.5 Å². The fourth-order valence-corrected chi connectivity index (χ4v) is 12.7. The molecule has 0 aliphatic heterocycles. The van der Waals surface area contributed by atoms with Crippen LogP contribution < -0.4 is 5.32 Å². The summed E-state index contributed by atoms with van der Waals surface area (Å²) in [6.45, 7) is 4.97. The fourth-order valence-electron chi connectivity index (χ4n) is 12.7. The molecule has 0 saturated carbocycles. The summed E-state index contributed by atoms with van der Waals surface area (Å²) in [6, 6.07) is -0.538. The first-order valence-electron chi connectivity index (χ1n) is 39.6. The molecule has 0 aromatic carbocycles. The molecule has 510 valence electrons. The standard InChI is InChI=1S/C80H155NO5/c1-3-5-7-9-11-13-15-17-19-20-38-41-45-48-52-56-60-64-68-72-78(83)77(76-82)81-79(84)73-69-65-61-57-53-49-46-42-39-36-34-32-30-28-26-24-22-21-23-25-27-29-31-33-35-37-40-43-47-51-55-59-63-67-71-75-86-80(85)74-70-66-62-58-54-50-44-18-16-14-12-10-8-6-4-2/h12,14,18,44,77-78,82-83H,3-11,13,15-17,19-43,45-76H2,1-2H3,(H,81,84)/b14-12-,44-18-. The third kappa shape index (κ3) is 71.4. The van der Waals surface area contributed by atoms with Crippen LogP contribution in [0.1, 0.15) is 450 Å². The minimum atomic E-state index is -0.661. The van der Waals surface area contributed by atoms with Crippen molar-refractivity contribution < 1.29 is 24.5 Å². The molecular formula is C80H155NO5. The van der Waals surface area contributed by atoms with Gasteiger partial charge < -0.3 is 20.3 Å². The Bertz CT molecular complexity index is 1350. The Morgan fingerprint density at radius 2 is 0.581 bits per heavy atom. The van der Waals surface area contributed by atoms with Crippen LogP contribution in [0, 0.1) is 0 Å². The molecule has 86 heavy (non-hydrogen) atoms. The second-order valence-corrected chi connectivity index (χ2v) is 27.4. The Morgan fingerprint density at radius 3 is 0.907 bits per heavy atom. The number of carbonyl (C=O) groups is 2. The molecule has 6 nitrogen and oxygen atoms in total. The topological polar surface area (TPSA) is 95.9 Å². The number of esters is 1. The van der Waals surface area contributed by atoms with Gasteiger partial charge in [-0.25, -0.2) is 0 Å². The summed E-state index contributed by atoms with van der Waals surface area (Å²) >= 11 is 0. The fraction of sp³-hybridized carbons (Fsp3) is 0.925. The SMILES string of the molecule is CCCCC/C=C\C/C=C\CCCCCCCC(=O)OCCCCCCCCCCCCCCCCCCCCCCCCCCCCCCCCCCCCCC(=O)NC(CO)C(O)CCCCCCCCCCCCCCCCCCCCC. The van der Waals surface area contributed by atoms with Gasteiger partial charge in [0.1, 0.15) is 0 Å². The second-order valence-electron chi connectivity index (χ2n) is 27.4. The van der Waals surface area contributed by atoms with E-state index in [1.807, 2.05) is 0 Å². The minimum Gasteiger partial charge on any atom is -0.466 e. The first-order valence-corrected chi connectivity index (χ1v) is 39.6. The zero-order chi connectivity index (χ0) is 62.0. The van der Waals surface area contributed by atoms with Crippen molar-refractivity contribution in [1.82, 2.24) is 5.32 Å². The van der Waals surface area contributed by atoms with Crippen LogP contribution in [0.5, 0.6) is 0 Å². The van der Waals surface area contributed by atoms with Gasteiger partial charge in [0.25, 0.3) is 0 Å². The summed E-state index contributed by atoms with van der Waals surface area (Å²) in [5, 5.41) is 23.4. The molecule has 0 saturated heterocycles. The van der Waals surface area contributed by atoms with E-state index in [0.717, 1.165) is 51.4 Å². The summed E-state index contributed by atoms with van der Waals surface area (Å²) in [5.41, 5.74) is 0. The molecule has 0 bridgehead atoms. The van der Waals surface area contributed by atoms with Crippen LogP contribution in [0.15, 0.2) is 24.3 Å². The number of unbranched alkanes of at least 4 members (excludes halogenated alkanes) is 60. The summed E-state index contributed by atoms with van der Waals surface area (Å²) in [7, 11) is 0. The number of rotatable bonds is 75. The van der Waals surface area contributed by atoms with Crippen LogP contribution in [0.25, 0.3) is 0 Å². The van der Waals surface area contributed by atoms with E-state index in [4.69, 9.17) is 4.74 Å². The number of nitrogens with one attached hydrogen (secondary N) is 1. The number of amides is 1. The highest BCUT2D eigenvalue weighted by atomic mass is 16.5. The van der Waals surface area contributed by atoms with Crippen molar-refractivity contribution in [2.24, 2.45) is 0 Å². The van der Waals surface area contributed by atoms with E-state index in [0.29, 0.717) is 25.9 Å². The molecule has 0 rings (SSSR count). The quantitative estimate of drug-likeness (QED) is 0.0320. The van der Waals surface area contributed by atoms with Crippen LogP contribution in [-0.2, 0) is 14.3 Å². The van der Waals surface area contributed by atoms with Crippen LogP contribution in [0.4, 0.5) is 0 Å². The van der Waals surface area contributed by atoms with Crippen molar-refractivity contribution in [3.05, 3.63) is 24.3 Å². The average molecular weight is 1210 g/mol. The molecule has 0 heterocycles. The molecule has 0 spiro atoms. The Hall–Kier alpha value is -1.66. The van der Waals surface area contributed by atoms with Crippen molar-refractivity contribution in [3.8, 4) is 0 Å². The number of allylic oxidation sites excluding steroid dienone is 4.